The molecule has 1 heterocycles. The zero-order valence-electron chi connectivity index (χ0n) is 14.1. The van der Waals surface area contributed by atoms with Crippen LogP contribution in [0.25, 0.3) is 11.4 Å². The molecule has 12 heteroatoms. The van der Waals surface area contributed by atoms with E-state index in [-0.39, 0.29) is 17.8 Å². The van der Waals surface area contributed by atoms with Crippen LogP contribution in [0.3, 0.4) is 0 Å². The maximum absolute atomic E-state index is 12.0. The van der Waals surface area contributed by atoms with Gasteiger partial charge in [0.2, 0.25) is 5.82 Å². The van der Waals surface area contributed by atoms with Crippen molar-refractivity contribution < 1.29 is 14.5 Å². The summed E-state index contributed by atoms with van der Waals surface area (Å²) in [5.74, 6) is -1.01. The second kappa shape index (κ2) is 8.22. The molecule has 11 nitrogen and oxygen atoms in total. The van der Waals surface area contributed by atoms with Gasteiger partial charge in [-0.1, -0.05) is 17.7 Å². The lowest BCUT2D eigenvalue weighted by molar-refractivity contribution is -0.384. The van der Waals surface area contributed by atoms with Gasteiger partial charge in [-0.2, -0.15) is 4.80 Å². The lowest BCUT2D eigenvalue weighted by Crippen LogP contribution is -2.43. The first-order valence-electron chi connectivity index (χ1n) is 7.80. The van der Waals surface area contributed by atoms with Gasteiger partial charge < -0.3 is 0 Å². The number of hydrazine groups is 1. The Kier molecular flexibility index (Phi) is 5.56. The molecule has 3 aromatic rings. The highest BCUT2D eigenvalue weighted by Gasteiger charge is 2.13. The molecule has 3 rings (SSSR count). The van der Waals surface area contributed by atoms with E-state index >= 15 is 0 Å². The van der Waals surface area contributed by atoms with E-state index in [4.69, 9.17) is 11.6 Å². The van der Waals surface area contributed by atoms with E-state index in [1.807, 2.05) is 0 Å². The zero-order valence-corrected chi connectivity index (χ0v) is 14.8. The lowest BCUT2D eigenvalue weighted by atomic mass is 10.2. The van der Waals surface area contributed by atoms with Gasteiger partial charge >= 0.3 is 0 Å². The third kappa shape index (κ3) is 4.65. The fourth-order valence-electron chi connectivity index (χ4n) is 2.15. The van der Waals surface area contributed by atoms with Crippen molar-refractivity contribution in [3.8, 4) is 11.4 Å². The summed E-state index contributed by atoms with van der Waals surface area (Å²) in [6.07, 6.45) is 0. The first-order valence-corrected chi connectivity index (χ1v) is 8.17. The van der Waals surface area contributed by atoms with Gasteiger partial charge in [0.15, 0.2) is 0 Å². The molecule has 0 atom stereocenters. The fraction of sp³-hybridized carbons (Fsp3) is 0.0625. The van der Waals surface area contributed by atoms with Crippen molar-refractivity contribution in [2.45, 2.75) is 6.54 Å². The molecule has 0 fully saturated rings. The minimum absolute atomic E-state index is 0.0263. The van der Waals surface area contributed by atoms with Crippen LogP contribution in [0, 0.1) is 10.1 Å². The number of amides is 2. The van der Waals surface area contributed by atoms with E-state index in [0.717, 1.165) is 10.9 Å². The van der Waals surface area contributed by atoms with Gasteiger partial charge in [0.1, 0.15) is 6.54 Å². The molecule has 0 saturated heterocycles. The fourth-order valence-corrected chi connectivity index (χ4v) is 2.28. The molecule has 0 spiro atoms. The third-order valence-electron chi connectivity index (χ3n) is 3.47. The number of nitro groups is 1. The van der Waals surface area contributed by atoms with Crippen molar-refractivity contribution in [3.63, 3.8) is 0 Å². The molecule has 0 unspecified atom stereocenters. The topological polar surface area (TPSA) is 145 Å². The van der Waals surface area contributed by atoms with Gasteiger partial charge in [0.05, 0.1) is 4.92 Å². The van der Waals surface area contributed by atoms with Gasteiger partial charge in [0, 0.05) is 28.3 Å². The molecule has 28 heavy (non-hydrogen) atoms. The van der Waals surface area contributed by atoms with Crippen LogP contribution in [0.1, 0.15) is 10.4 Å². The van der Waals surface area contributed by atoms with Crippen LogP contribution in [-0.4, -0.2) is 36.9 Å². The molecular formula is C16H12ClN7O4. The standard InChI is InChI=1S/C16H12ClN7O4/c17-12-6-4-10(5-7-12)15-19-22-23(21-15)9-14(25)18-20-16(26)11-2-1-3-13(8-11)24(27)28/h1-8H,9H2,(H,18,25)(H,20,26). The second-order valence-electron chi connectivity index (χ2n) is 5.46. The molecule has 0 radical (unpaired) electrons. The summed E-state index contributed by atoms with van der Waals surface area (Å²) in [6, 6.07) is 11.9. The highest BCUT2D eigenvalue weighted by atomic mass is 35.5. The molecule has 0 bridgehead atoms. The van der Waals surface area contributed by atoms with Crippen LogP contribution in [0.15, 0.2) is 48.5 Å². The monoisotopic (exact) mass is 401 g/mol. The number of hydrogen-bond acceptors (Lipinski definition) is 7. The van der Waals surface area contributed by atoms with Crippen LogP contribution in [0.2, 0.25) is 5.02 Å². The van der Waals surface area contributed by atoms with Crippen molar-refractivity contribution in [3.05, 3.63) is 69.2 Å². The van der Waals surface area contributed by atoms with E-state index in [0.29, 0.717) is 16.4 Å². The molecule has 2 N–H and O–H groups in total. The predicted octanol–water partition coefficient (Wildman–Crippen LogP) is 1.36. The number of benzene rings is 2. The van der Waals surface area contributed by atoms with Gasteiger partial charge in [-0.15, -0.1) is 10.2 Å². The highest BCUT2D eigenvalue weighted by molar-refractivity contribution is 6.30. The van der Waals surface area contributed by atoms with Crippen molar-refractivity contribution in [1.82, 2.24) is 31.1 Å². The number of carbonyl (C=O) groups is 2. The summed E-state index contributed by atoms with van der Waals surface area (Å²) < 4.78 is 0. The molecule has 2 aromatic carbocycles. The summed E-state index contributed by atoms with van der Waals surface area (Å²) in [4.78, 5) is 35.1. The SMILES string of the molecule is O=C(Cn1nnc(-c2ccc(Cl)cc2)n1)NNC(=O)c1cccc([N+](=O)[O-])c1. The Morgan fingerprint density at radius 2 is 1.89 bits per heavy atom. The molecule has 0 saturated carbocycles. The van der Waals surface area contributed by atoms with Gasteiger partial charge in [-0.3, -0.25) is 30.6 Å². The number of nitrogens with zero attached hydrogens (tertiary/aromatic N) is 5. The van der Waals surface area contributed by atoms with E-state index < -0.39 is 16.7 Å². The number of nitrogens with one attached hydrogen (secondary N) is 2. The van der Waals surface area contributed by atoms with Gasteiger partial charge in [-0.25, -0.2) is 0 Å². The van der Waals surface area contributed by atoms with E-state index in [1.165, 1.54) is 18.2 Å². The highest BCUT2D eigenvalue weighted by Crippen LogP contribution is 2.17. The summed E-state index contributed by atoms with van der Waals surface area (Å²) in [5.41, 5.74) is 4.81. The number of halogens is 1. The van der Waals surface area contributed by atoms with Crippen molar-refractivity contribution in [1.29, 1.82) is 0 Å². The summed E-state index contributed by atoms with van der Waals surface area (Å²) in [5, 5.41) is 23.0. The van der Waals surface area contributed by atoms with Gasteiger partial charge in [-0.05, 0) is 35.5 Å². The Hall–Kier alpha value is -3.86. The number of nitro benzene ring substituents is 1. The molecule has 0 aliphatic rings. The Labute approximate surface area is 162 Å². The van der Waals surface area contributed by atoms with E-state index in [1.54, 1.807) is 24.3 Å². The first kappa shape index (κ1) is 18.9. The van der Waals surface area contributed by atoms with E-state index in [2.05, 4.69) is 26.3 Å². The maximum Gasteiger partial charge on any atom is 0.270 e. The average molecular weight is 402 g/mol. The molecule has 142 valence electrons. The second-order valence-corrected chi connectivity index (χ2v) is 5.90. The Bertz CT molecular complexity index is 1040. The normalized spacial score (nSPS) is 10.3. The first-order chi connectivity index (χ1) is 13.4. The minimum atomic E-state index is -0.703. The summed E-state index contributed by atoms with van der Waals surface area (Å²) in [7, 11) is 0. The van der Waals surface area contributed by atoms with Crippen molar-refractivity contribution in [2.75, 3.05) is 0 Å². The largest absolute Gasteiger partial charge is 0.271 e. The van der Waals surface area contributed by atoms with Crippen LogP contribution < -0.4 is 10.9 Å². The predicted molar refractivity (Wildman–Crippen MR) is 97.0 cm³/mol. The molecule has 1 aromatic heterocycles. The molecular weight excluding hydrogens is 390 g/mol. The maximum atomic E-state index is 12.0. The number of non-ortho nitro benzene ring substituents is 1. The number of carbonyl (C=O) groups excluding carboxylic acids is 2. The zero-order chi connectivity index (χ0) is 20.1. The summed E-state index contributed by atoms with van der Waals surface area (Å²) in [6.45, 7) is -0.296. The van der Waals surface area contributed by atoms with Crippen LogP contribution in [-0.2, 0) is 11.3 Å². The third-order valence-corrected chi connectivity index (χ3v) is 3.73. The van der Waals surface area contributed by atoms with E-state index in [9.17, 15) is 19.7 Å². The Balaban J connectivity index is 1.56. The average Bonchev–Trinajstić information content (AvgIpc) is 3.15. The number of aromatic nitrogens is 4. The Morgan fingerprint density at radius 1 is 1.14 bits per heavy atom. The molecule has 2 amide bonds. The smallest absolute Gasteiger partial charge is 0.270 e. The van der Waals surface area contributed by atoms with Crippen LogP contribution in [0.4, 0.5) is 5.69 Å². The molecule has 0 aliphatic heterocycles. The van der Waals surface area contributed by atoms with Crippen LogP contribution in [0.5, 0.6) is 0 Å². The Morgan fingerprint density at radius 3 is 2.61 bits per heavy atom. The molecule has 0 aliphatic carbocycles. The lowest BCUT2D eigenvalue weighted by Gasteiger charge is -2.06. The van der Waals surface area contributed by atoms with Crippen LogP contribution >= 0.6 is 11.6 Å². The number of hydrogen-bond donors (Lipinski definition) is 2. The van der Waals surface area contributed by atoms with Crippen molar-refractivity contribution in [2.24, 2.45) is 0 Å². The number of rotatable bonds is 5. The van der Waals surface area contributed by atoms with Gasteiger partial charge in [0.25, 0.3) is 17.5 Å². The quantitative estimate of drug-likeness (QED) is 0.485. The summed E-state index contributed by atoms with van der Waals surface area (Å²) >= 11 is 5.82. The number of tetrazole rings is 1. The van der Waals surface area contributed by atoms with Crippen molar-refractivity contribution >= 4 is 29.1 Å². The minimum Gasteiger partial charge on any atom is -0.271 e.